The lowest BCUT2D eigenvalue weighted by Gasteiger charge is -2.17. The quantitative estimate of drug-likeness (QED) is 0.619. The van der Waals surface area contributed by atoms with Crippen molar-refractivity contribution in [1.82, 2.24) is 15.5 Å². The van der Waals surface area contributed by atoms with E-state index in [4.69, 9.17) is 0 Å². The number of fused-ring (bicyclic) bond motifs is 1. The summed E-state index contributed by atoms with van der Waals surface area (Å²) in [5.74, 6) is 1.42. The van der Waals surface area contributed by atoms with Gasteiger partial charge < -0.3 is 15.5 Å². The van der Waals surface area contributed by atoms with Crippen molar-refractivity contribution in [1.29, 1.82) is 0 Å². The maximum absolute atomic E-state index is 11.7. The van der Waals surface area contributed by atoms with Crippen LogP contribution in [0.2, 0.25) is 0 Å². The first-order chi connectivity index (χ1) is 6.83. The molecule has 3 rings (SSSR count). The molecule has 2 aliphatic heterocycles. The van der Waals surface area contributed by atoms with E-state index in [9.17, 15) is 4.79 Å². The van der Waals surface area contributed by atoms with E-state index in [0.717, 1.165) is 26.2 Å². The summed E-state index contributed by atoms with van der Waals surface area (Å²) in [5, 5.41) is 6.43. The highest BCUT2D eigenvalue weighted by Gasteiger charge is 2.38. The topological polar surface area (TPSA) is 44.4 Å². The molecule has 2 N–H and O–H groups in total. The van der Waals surface area contributed by atoms with Crippen LogP contribution in [0.4, 0.5) is 4.79 Å². The number of carbonyl (C=O) groups is 1. The molecule has 1 aliphatic carbocycles. The van der Waals surface area contributed by atoms with Gasteiger partial charge in [-0.15, -0.1) is 0 Å². The van der Waals surface area contributed by atoms with Crippen LogP contribution in [-0.2, 0) is 0 Å². The van der Waals surface area contributed by atoms with Crippen molar-refractivity contribution < 1.29 is 4.79 Å². The van der Waals surface area contributed by atoms with Crippen LogP contribution in [0.1, 0.15) is 12.8 Å². The number of hydrogen-bond donors (Lipinski definition) is 2. The minimum absolute atomic E-state index is 0.168. The smallest absolute Gasteiger partial charge is 0.317 e. The molecular formula is C10H17N3O. The van der Waals surface area contributed by atoms with Crippen molar-refractivity contribution in [2.24, 2.45) is 11.8 Å². The molecule has 0 spiro atoms. The number of carbonyl (C=O) groups excluding carboxylic acids is 1. The zero-order valence-corrected chi connectivity index (χ0v) is 8.33. The molecule has 0 aromatic rings. The molecule has 2 unspecified atom stereocenters. The molecule has 4 heteroatoms. The van der Waals surface area contributed by atoms with Crippen LogP contribution in [-0.4, -0.2) is 43.2 Å². The average molecular weight is 195 g/mol. The average Bonchev–Trinajstić information content (AvgIpc) is 2.73. The highest BCUT2D eigenvalue weighted by Crippen LogP contribution is 2.27. The van der Waals surface area contributed by atoms with Crippen molar-refractivity contribution in [2.45, 2.75) is 18.9 Å². The minimum atomic E-state index is 0.168. The van der Waals surface area contributed by atoms with Crippen LogP contribution < -0.4 is 10.6 Å². The van der Waals surface area contributed by atoms with E-state index in [0.29, 0.717) is 17.9 Å². The Morgan fingerprint density at radius 1 is 1.21 bits per heavy atom. The fraction of sp³-hybridized carbons (Fsp3) is 0.900. The summed E-state index contributed by atoms with van der Waals surface area (Å²) in [6, 6.07) is 0.656. The molecule has 2 atom stereocenters. The van der Waals surface area contributed by atoms with Crippen molar-refractivity contribution in [2.75, 3.05) is 26.2 Å². The number of urea groups is 1. The summed E-state index contributed by atoms with van der Waals surface area (Å²) in [4.78, 5) is 13.7. The molecule has 2 saturated heterocycles. The van der Waals surface area contributed by atoms with Gasteiger partial charge in [-0.05, 0) is 24.7 Å². The van der Waals surface area contributed by atoms with Gasteiger partial charge in [-0.3, -0.25) is 0 Å². The molecule has 1 saturated carbocycles. The van der Waals surface area contributed by atoms with Gasteiger partial charge in [0, 0.05) is 32.2 Å². The van der Waals surface area contributed by atoms with Gasteiger partial charge in [-0.2, -0.15) is 0 Å². The highest BCUT2D eigenvalue weighted by atomic mass is 16.2. The standard InChI is InChI=1S/C10H17N3O/c14-10(12-9-1-2-9)13-5-7-3-11-4-8(7)6-13/h7-9,11H,1-6H2,(H,12,14). The Morgan fingerprint density at radius 2 is 1.86 bits per heavy atom. The lowest BCUT2D eigenvalue weighted by Crippen LogP contribution is -2.40. The van der Waals surface area contributed by atoms with Crippen LogP contribution in [0.15, 0.2) is 0 Å². The van der Waals surface area contributed by atoms with E-state index in [1.807, 2.05) is 4.90 Å². The molecule has 0 aromatic carbocycles. The Labute approximate surface area is 84.0 Å². The Morgan fingerprint density at radius 3 is 2.43 bits per heavy atom. The number of rotatable bonds is 1. The normalized spacial score (nSPS) is 35.9. The van der Waals surface area contributed by atoms with Gasteiger partial charge in [0.15, 0.2) is 0 Å². The van der Waals surface area contributed by atoms with E-state index in [1.54, 1.807) is 0 Å². The zero-order valence-electron chi connectivity index (χ0n) is 8.33. The van der Waals surface area contributed by atoms with Gasteiger partial charge >= 0.3 is 6.03 Å². The van der Waals surface area contributed by atoms with Gasteiger partial charge in [0.1, 0.15) is 0 Å². The zero-order chi connectivity index (χ0) is 9.54. The summed E-state index contributed by atoms with van der Waals surface area (Å²) in [6.45, 7) is 4.10. The Bertz CT molecular complexity index is 240. The second-order valence-corrected chi connectivity index (χ2v) is 4.81. The van der Waals surface area contributed by atoms with Crippen molar-refractivity contribution in [3.05, 3.63) is 0 Å². The molecular weight excluding hydrogens is 178 g/mol. The van der Waals surface area contributed by atoms with E-state index < -0.39 is 0 Å². The lowest BCUT2D eigenvalue weighted by molar-refractivity contribution is 0.205. The van der Waals surface area contributed by atoms with Crippen molar-refractivity contribution in [3.8, 4) is 0 Å². The van der Waals surface area contributed by atoms with Crippen LogP contribution in [0.5, 0.6) is 0 Å². The third kappa shape index (κ3) is 1.47. The van der Waals surface area contributed by atoms with E-state index in [2.05, 4.69) is 10.6 Å². The van der Waals surface area contributed by atoms with E-state index in [-0.39, 0.29) is 6.03 Å². The largest absolute Gasteiger partial charge is 0.335 e. The second-order valence-electron chi connectivity index (χ2n) is 4.81. The Hall–Kier alpha value is -0.770. The number of amides is 2. The number of nitrogens with one attached hydrogen (secondary N) is 2. The van der Waals surface area contributed by atoms with Crippen LogP contribution >= 0.6 is 0 Å². The summed E-state index contributed by atoms with van der Waals surface area (Å²) < 4.78 is 0. The van der Waals surface area contributed by atoms with Gasteiger partial charge in [0.25, 0.3) is 0 Å². The molecule has 2 amide bonds. The Kier molecular flexibility index (Phi) is 1.90. The predicted molar refractivity (Wildman–Crippen MR) is 53.0 cm³/mol. The van der Waals surface area contributed by atoms with Crippen LogP contribution in [0.25, 0.3) is 0 Å². The molecule has 0 bridgehead atoms. The van der Waals surface area contributed by atoms with Gasteiger partial charge in [-0.1, -0.05) is 0 Å². The predicted octanol–water partition coefficient (Wildman–Crippen LogP) is 0.00960. The number of nitrogens with zero attached hydrogens (tertiary/aromatic N) is 1. The van der Waals surface area contributed by atoms with E-state index >= 15 is 0 Å². The SMILES string of the molecule is O=C(NC1CC1)N1CC2CNCC2C1. The first-order valence-electron chi connectivity index (χ1n) is 5.59. The van der Waals surface area contributed by atoms with Gasteiger partial charge in [0.2, 0.25) is 0 Å². The summed E-state index contributed by atoms with van der Waals surface area (Å²) in [6.07, 6.45) is 2.35. The van der Waals surface area contributed by atoms with Crippen molar-refractivity contribution in [3.63, 3.8) is 0 Å². The van der Waals surface area contributed by atoms with E-state index in [1.165, 1.54) is 12.8 Å². The molecule has 0 aromatic heterocycles. The molecule has 3 fully saturated rings. The first-order valence-corrected chi connectivity index (χ1v) is 5.59. The first kappa shape index (κ1) is 8.53. The second kappa shape index (κ2) is 3.12. The third-order valence-electron chi connectivity index (χ3n) is 3.58. The maximum Gasteiger partial charge on any atom is 0.317 e. The Balaban J connectivity index is 1.56. The fourth-order valence-electron chi connectivity index (χ4n) is 2.51. The molecule has 78 valence electrons. The van der Waals surface area contributed by atoms with Crippen LogP contribution in [0, 0.1) is 11.8 Å². The molecule has 0 radical (unpaired) electrons. The molecule has 2 heterocycles. The van der Waals surface area contributed by atoms with Crippen molar-refractivity contribution >= 4 is 6.03 Å². The van der Waals surface area contributed by atoms with Gasteiger partial charge in [0.05, 0.1) is 0 Å². The summed E-state index contributed by atoms with van der Waals surface area (Å²) >= 11 is 0. The minimum Gasteiger partial charge on any atom is -0.335 e. The third-order valence-corrected chi connectivity index (χ3v) is 3.58. The fourth-order valence-corrected chi connectivity index (χ4v) is 2.51. The lowest BCUT2D eigenvalue weighted by atomic mass is 10.0. The highest BCUT2D eigenvalue weighted by molar-refractivity contribution is 5.75. The number of hydrogen-bond acceptors (Lipinski definition) is 2. The molecule has 14 heavy (non-hydrogen) atoms. The summed E-state index contributed by atoms with van der Waals surface area (Å²) in [5.41, 5.74) is 0. The molecule has 3 aliphatic rings. The van der Waals surface area contributed by atoms with Gasteiger partial charge in [-0.25, -0.2) is 4.79 Å². The van der Waals surface area contributed by atoms with Crippen LogP contribution in [0.3, 0.4) is 0 Å². The molecule has 4 nitrogen and oxygen atoms in total. The summed E-state index contributed by atoms with van der Waals surface area (Å²) in [7, 11) is 0. The monoisotopic (exact) mass is 195 g/mol. The maximum atomic E-state index is 11.7. The number of likely N-dealkylation sites (tertiary alicyclic amines) is 1.